The fourth-order valence-corrected chi connectivity index (χ4v) is 2.30. The van der Waals surface area contributed by atoms with Crippen LogP contribution in [0.15, 0.2) is 41.1 Å². The summed E-state index contributed by atoms with van der Waals surface area (Å²) in [7, 11) is 0. The molecule has 0 fully saturated rings. The first kappa shape index (κ1) is 12.7. The number of carboxylic acids is 1. The van der Waals surface area contributed by atoms with Crippen molar-refractivity contribution in [1.29, 1.82) is 0 Å². The highest BCUT2D eigenvalue weighted by atomic mass is 79.9. The second-order valence-electron chi connectivity index (χ2n) is 4.06. The summed E-state index contributed by atoms with van der Waals surface area (Å²) in [5, 5.41) is 13.1. The van der Waals surface area contributed by atoms with Gasteiger partial charge in [0.2, 0.25) is 0 Å². The molecule has 100 valence electrons. The Balaban J connectivity index is 2.26. The van der Waals surface area contributed by atoms with E-state index in [9.17, 15) is 9.18 Å². The normalized spacial score (nSPS) is 10.9. The molecule has 3 rings (SSSR count). The highest BCUT2D eigenvalue weighted by molar-refractivity contribution is 9.10. The monoisotopic (exact) mass is 335 g/mol. The number of aromatic carboxylic acids is 1. The molecule has 0 bridgehead atoms. The van der Waals surface area contributed by atoms with Crippen LogP contribution in [0, 0.1) is 5.82 Å². The summed E-state index contributed by atoms with van der Waals surface area (Å²) in [6.45, 7) is 0. The quantitative estimate of drug-likeness (QED) is 0.781. The SMILES string of the molecule is O=C(O)c1cnn2c(-c3ccc(F)c(Br)c3)ccnc12. The van der Waals surface area contributed by atoms with Gasteiger partial charge in [-0.25, -0.2) is 18.7 Å². The Labute approximate surface area is 120 Å². The Morgan fingerprint density at radius 3 is 2.85 bits per heavy atom. The van der Waals surface area contributed by atoms with Gasteiger partial charge in [-0.3, -0.25) is 0 Å². The van der Waals surface area contributed by atoms with Crippen molar-refractivity contribution >= 4 is 27.5 Å². The highest BCUT2D eigenvalue weighted by Gasteiger charge is 2.15. The molecule has 5 nitrogen and oxygen atoms in total. The molecule has 0 unspecified atom stereocenters. The number of carbonyl (C=O) groups is 1. The fraction of sp³-hybridized carbons (Fsp3) is 0. The van der Waals surface area contributed by atoms with Crippen molar-refractivity contribution in [2.75, 3.05) is 0 Å². The molecular weight excluding hydrogens is 329 g/mol. The summed E-state index contributed by atoms with van der Waals surface area (Å²) in [6, 6.07) is 6.21. The van der Waals surface area contributed by atoms with Crippen LogP contribution in [-0.4, -0.2) is 25.7 Å². The second kappa shape index (κ2) is 4.68. The molecule has 2 aromatic heterocycles. The van der Waals surface area contributed by atoms with Gasteiger partial charge >= 0.3 is 5.97 Å². The maximum absolute atomic E-state index is 13.3. The van der Waals surface area contributed by atoms with Gasteiger partial charge in [0.05, 0.1) is 16.4 Å². The zero-order chi connectivity index (χ0) is 14.3. The van der Waals surface area contributed by atoms with E-state index in [1.165, 1.54) is 23.0 Å². The number of nitrogens with zero attached hydrogens (tertiary/aromatic N) is 3. The van der Waals surface area contributed by atoms with Crippen LogP contribution in [0.5, 0.6) is 0 Å². The predicted octanol–water partition coefficient (Wildman–Crippen LogP) is 3.00. The molecular formula is C13H7BrFN3O2. The number of halogens is 2. The van der Waals surface area contributed by atoms with Crippen molar-refractivity contribution < 1.29 is 14.3 Å². The largest absolute Gasteiger partial charge is 0.477 e. The Bertz CT molecular complexity index is 832. The van der Waals surface area contributed by atoms with Gasteiger partial charge in [0.25, 0.3) is 0 Å². The second-order valence-corrected chi connectivity index (χ2v) is 4.91. The molecule has 0 atom stereocenters. The van der Waals surface area contributed by atoms with Gasteiger partial charge in [-0.1, -0.05) is 0 Å². The molecule has 0 aliphatic rings. The zero-order valence-corrected chi connectivity index (χ0v) is 11.5. The molecule has 0 saturated carbocycles. The number of benzene rings is 1. The molecule has 1 aromatic carbocycles. The average molecular weight is 336 g/mol. The highest BCUT2D eigenvalue weighted by Crippen LogP contribution is 2.25. The average Bonchev–Trinajstić information content (AvgIpc) is 2.86. The summed E-state index contributed by atoms with van der Waals surface area (Å²) in [4.78, 5) is 15.1. The number of carboxylic acid groups (broad SMARTS) is 1. The lowest BCUT2D eigenvalue weighted by molar-refractivity contribution is 0.0699. The lowest BCUT2D eigenvalue weighted by Crippen LogP contribution is -1.99. The molecule has 1 N–H and O–H groups in total. The van der Waals surface area contributed by atoms with Gasteiger partial charge in [-0.2, -0.15) is 5.10 Å². The van der Waals surface area contributed by atoms with Gasteiger partial charge in [0.15, 0.2) is 5.65 Å². The number of aromatic nitrogens is 3. The van der Waals surface area contributed by atoms with Crippen LogP contribution >= 0.6 is 15.9 Å². The van der Waals surface area contributed by atoms with Crippen LogP contribution in [0.25, 0.3) is 16.9 Å². The molecule has 3 aromatic rings. The van der Waals surface area contributed by atoms with Crippen molar-refractivity contribution in [3.63, 3.8) is 0 Å². The van der Waals surface area contributed by atoms with Crippen molar-refractivity contribution in [2.45, 2.75) is 0 Å². The smallest absolute Gasteiger partial charge is 0.341 e. The first-order chi connectivity index (χ1) is 9.58. The number of hydrogen-bond donors (Lipinski definition) is 1. The zero-order valence-electron chi connectivity index (χ0n) is 9.92. The third-order valence-corrected chi connectivity index (χ3v) is 3.45. The molecule has 0 spiro atoms. The fourth-order valence-electron chi connectivity index (χ4n) is 1.92. The van der Waals surface area contributed by atoms with Gasteiger partial charge in [0.1, 0.15) is 11.4 Å². The van der Waals surface area contributed by atoms with E-state index in [-0.39, 0.29) is 17.0 Å². The number of rotatable bonds is 2. The van der Waals surface area contributed by atoms with Gasteiger partial charge in [-0.05, 0) is 40.2 Å². The maximum atomic E-state index is 13.3. The lowest BCUT2D eigenvalue weighted by Gasteiger charge is -2.05. The van der Waals surface area contributed by atoms with Crippen molar-refractivity contribution in [3.8, 4) is 11.3 Å². The Morgan fingerprint density at radius 1 is 1.35 bits per heavy atom. The van der Waals surface area contributed by atoms with Crippen LogP contribution in [0.2, 0.25) is 0 Å². The van der Waals surface area contributed by atoms with Crippen molar-refractivity contribution in [3.05, 3.63) is 52.5 Å². The predicted molar refractivity (Wildman–Crippen MR) is 73.0 cm³/mol. The first-order valence-electron chi connectivity index (χ1n) is 5.59. The summed E-state index contributed by atoms with van der Waals surface area (Å²) in [5.41, 5.74) is 1.59. The number of fused-ring (bicyclic) bond motifs is 1. The third kappa shape index (κ3) is 1.96. The van der Waals surface area contributed by atoms with Crippen LogP contribution in [-0.2, 0) is 0 Å². The molecule has 0 radical (unpaired) electrons. The molecule has 7 heteroatoms. The van der Waals surface area contributed by atoms with E-state index in [2.05, 4.69) is 26.0 Å². The number of hydrogen-bond acceptors (Lipinski definition) is 3. The van der Waals surface area contributed by atoms with Gasteiger partial charge in [0, 0.05) is 11.8 Å². The summed E-state index contributed by atoms with van der Waals surface area (Å²) >= 11 is 3.12. The molecule has 0 aliphatic carbocycles. The van der Waals surface area contributed by atoms with Gasteiger partial charge < -0.3 is 5.11 Å². The van der Waals surface area contributed by atoms with Crippen LogP contribution in [0.3, 0.4) is 0 Å². The van der Waals surface area contributed by atoms with E-state index < -0.39 is 5.97 Å². The third-order valence-electron chi connectivity index (χ3n) is 2.85. The standard InChI is InChI=1S/C13H7BrFN3O2/c14-9-5-7(1-2-10(9)15)11-3-4-16-12-8(13(19)20)6-17-18(11)12/h1-6H,(H,19,20). The Hall–Kier alpha value is -2.28. The minimum absolute atomic E-state index is 0.0213. The Morgan fingerprint density at radius 2 is 2.15 bits per heavy atom. The van der Waals surface area contributed by atoms with E-state index in [0.29, 0.717) is 15.7 Å². The first-order valence-corrected chi connectivity index (χ1v) is 6.38. The molecule has 20 heavy (non-hydrogen) atoms. The van der Waals surface area contributed by atoms with E-state index in [4.69, 9.17) is 5.11 Å². The van der Waals surface area contributed by atoms with Crippen LogP contribution in [0.1, 0.15) is 10.4 Å². The van der Waals surface area contributed by atoms with Crippen molar-refractivity contribution in [1.82, 2.24) is 14.6 Å². The topological polar surface area (TPSA) is 67.5 Å². The molecule has 2 heterocycles. The van der Waals surface area contributed by atoms with E-state index in [1.54, 1.807) is 18.2 Å². The Kier molecular flexibility index (Phi) is 2.98. The van der Waals surface area contributed by atoms with E-state index in [0.717, 1.165) is 0 Å². The van der Waals surface area contributed by atoms with E-state index in [1.807, 2.05) is 0 Å². The van der Waals surface area contributed by atoms with E-state index >= 15 is 0 Å². The lowest BCUT2D eigenvalue weighted by atomic mass is 10.1. The maximum Gasteiger partial charge on any atom is 0.341 e. The summed E-state index contributed by atoms with van der Waals surface area (Å²) in [5.74, 6) is -1.46. The van der Waals surface area contributed by atoms with Crippen LogP contribution < -0.4 is 0 Å². The van der Waals surface area contributed by atoms with Gasteiger partial charge in [-0.15, -0.1) is 0 Å². The van der Waals surface area contributed by atoms with Crippen LogP contribution in [0.4, 0.5) is 4.39 Å². The minimum Gasteiger partial charge on any atom is -0.477 e. The minimum atomic E-state index is -1.09. The van der Waals surface area contributed by atoms with Crippen molar-refractivity contribution in [2.24, 2.45) is 0 Å². The molecule has 0 saturated heterocycles. The molecule has 0 amide bonds. The summed E-state index contributed by atoms with van der Waals surface area (Å²) in [6.07, 6.45) is 2.74. The summed E-state index contributed by atoms with van der Waals surface area (Å²) < 4.78 is 15.0. The molecule has 0 aliphatic heterocycles.